The lowest BCUT2D eigenvalue weighted by Gasteiger charge is -2.15. The van der Waals surface area contributed by atoms with E-state index in [9.17, 15) is 9.59 Å². The van der Waals surface area contributed by atoms with Crippen LogP contribution in [0, 0.1) is 5.41 Å². The Morgan fingerprint density at radius 3 is 2.36 bits per heavy atom. The minimum Gasteiger partial charge on any atom is -0.465 e. The summed E-state index contributed by atoms with van der Waals surface area (Å²) >= 11 is 0. The third-order valence-corrected chi connectivity index (χ3v) is 2.83. The van der Waals surface area contributed by atoms with E-state index >= 15 is 0 Å². The maximum absolute atomic E-state index is 11.4. The molecule has 0 bridgehead atoms. The fourth-order valence-corrected chi connectivity index (χ4v) is 1.77. The van der Waals surface area contributed by atoms with Crippen molar-refractivity contribution in [3.8, 4) is 0 Å². The molecule has 1 aromatic carbocycles. The van der Waals surface area contributed by atoms with Crippen LogP contribution in [0.2, 0.25) is 0 Å². The topological polar surface area (TPSA) is 91.3 Å². The Labute approximate surface area is 130 Å². The summed E-state index contributed by atoms with van der Waals surface area (Å²) in [5.74, 6) is -0.384. The van der Waals surface area contributed by atoms with E-state index in [2.05, 4.69) is 10.6 Å². The molecule has 0 aliphatic carbocycles. The summed E-state index contributed by atoms with van der Waals surface area (Å²) in [7, 11) is 0. The lowest BCUT2D eigenvalue weighted by Crippen LogP contribution is -2.35. The zero-order valence-corrected chi connectivity index (χ0v) is 13.0. The Hall–Kier alpha value is -2.63. The van der Waals surface area contributed by atoms with E-state index in [1.165, 1.54) is 6.92 Å². The first-order valence-corrected chi connectivity index (χ1v) is 6.98. The van der Waals surface area contributed by atoms with Gasteiger partial charge in [0.1, 0.15) is 12.4 Å². The molecule has 0 saturated carbocycles. The third-order valence-electron chi connectivity index (χ3n) is 2.83. The van der Waals surface area contributed by atoms with Gasteiger partial charge in [-0.3, -0.25) is 15.0 Å². The van der Waals surface area contributed by atoms with Crippen molar-refractivity contribution >= 4 is 17.6 Å². The van der Waals surface area contributed by atoms with Crippen molar-refractivity contribution in [1.82, 2.24) is 10.6 Å². The molecule has 0 spiro atoms. The largest absolute Gasteiger partial charge is 0.465 e. The van der Waals surface area contributed by atoms with Gasteiger partial charge >= 0.3 is 5.97 Å². The molecule has 0 fully saturated rings. The second-order valence-corrected chi connectivity index (χ2v) is 4.58. The summed E-state index contributed by atoms with van der Waals surface area (Å²) in [6.45, 7) is 5.00. The summed E-state index contributed by atoms with van der Waals surface area (Å²) < 4.78 is 4.83. The molecule has 1 rings (SSSR count). The van der Waals surface area contributed by atoms with Crippen LogP contribution >= 0.6 is 0 Å². The lowest BCUT2D eigenvalue weighted by atomic mass is 10.0. The van der Waals surface area contributed by atoms with Crippen LogP contribution in [0.4, 0.5) is 0 Å². The molecule has 6 nitrogen and oxygen atoms in total. The maximum atomic E-state index is 11.4. The fraction of sp³-hybridized carbons (Fsp3) is 0.312. The van der Waals surface area contributed by atoms with Gasteiger partial charge in [-0.05, 0) is 19.4 Å². The highest BCUT2D eigenvalue weighted by molar-refractivity contribution is 6.10. The quantitative estimate of drug-likeness (QED) is 0.527. The Morgan fingerprint density at radius 2 is 1.82 bits per heavy atom. The van der Waals surface area contributed by atoms with Crippen LogP contribution in [0.5, 0.6) is 0 Å². The number of amides is 1. The molecule has 0 aliphatic heterocycles. The average Bonchev–Trinajstić information content (AvgIpc) is 2.50. The van der Waals surface area contributed by atoms with Crippen LogP contribution in [0.15, 0.2) is 41.7 Å². The van der Waals surface area contributed by atoms with Gasteiger partial charge in [0, 0.05) is 12.5 Å². The molecule has 3 N–H and O–H groups in total. The molecule has 0 aromatic heterocycles. The molecule has 0 atom stereocenters. The summed E-state index contributed by atoms with van der Waals surface area (Å²) in [6, 6.07) is 9.15. The Morgan fingerprint density at radius 1 is 1.18 bits per heavy atom. The van der Waals surface area contributed by atoms with E-state index in [-0.39, 0.29) is 18.2 Å². The van der Waals surface area contributed by atoms with Gasteiger partial charge in [0.15, 0.2) is 0 Å². The number of rotatable bonds is 7. The Balaban J connectivity index is 2.94. The van der Waals surface area contributed by atoms with E-state index in [4.69, 9.17) is 10.1 Å². The highest BCUT2D eigenvalue weighted by Crippen LogP contribution is 2.09. The van der Waals surface area contributed by atoms with Gasteiger partial charge in [-0.15, -0.1) is 0 Å². The number of esters is 1. The van der Waals surface area contributed by atoms with Crippen LogP contribution < -0.4 is 10.6 Å². The molecule has 0 saturated heterocycles. The number of carbonyl (C=O) groups excluding carboxylic acids is 2. The van der Waals surface area contributed by atoms with Gasteiger partial charge in [0.05, 0.1) is 12.3 Å². The van der Waals surface area contributed by atoms with Crippen LogP contribution in [-0.2, 0) is 14.3 Å². The summed E-state index contributed by atoms with van der Waals surface area (Å²) in [6.07, 6.45) is 0. The summed E-state index contributed by atoms with van der Waals surface area (Å²) in [5, 5.41) is 13.6. The molecule has 1 aromatic rings. The smallest absolute Gasteiger partial charge is 0.325 e. The highest BCUT2D eigenvalue weighted by Gasteiger charge is 2.12. The van der Waals surface area contributed by atoms with Crippen LogP contribution in [0.1, 0.15) is 26.3 Å². The van der Waals surface area contributed by atoms with Crippen molar-refractivity contribution in [2.75, 3.05) is 13.2 Å². The van der Waals surface area contributed by atoms with Crippen molar-refractivity contribution in [3.05, 3.63) is 47.3 Å². The van der Waals surface area contributed by atoms with Crippen molar-refractivity contribution < 1.29 is 14.3 Å². The van der Waals surface area contributed by atoms with Gasteiger partial charge in [-0.1, -0.05) is 30.3 Å². The first kappa shape index (κ1) is 17.4. The van der Waals surface area contributed by atoms with Gasteiger partial charge in [-0.25, -0.2) is 0 Å². The number of hydrogen-bond acceptors (Lipinski definition) is 5. The van der Waals surface area contributed by atoms with Gasteiger partial charge < -0.3 is 15.4 Å². The van der Waals surface area contributed by atoms with Crippen molar-refractivity contribution in [2.24, 2.45) is 0 Å². The number of hydrogen-bond donors (Lipinski definition) is 3. The molecular formula is C16H21N3O3. The van der Waals surface area contributed by atoms with Crippen molar-refractivity contribution in [1.29, 1.82) is 5.41 Å². The minimum atomic E-state index is -0.426. The van der Waals surface area contributed by atoms with Crippen LogP contribution in [0.25, 0.3) is 0 Å². The molecule has 0 heterocycles. The number of benzene rings is 1. The van der Waals surface area contributed by atoms with Gasteiger partial charge in [0.25, 0.3) is 0 Å². The fourth-order valence-electron chi connectivity index (χ4n) is 1.77. The minimum absolute atomic E-state index is 0.0805. The molecule has 0 aliphatic rings. The third kappa shape index (κ3) is 5.40. The number of nitrogens with one attached hydrogen (secondary N) is 3. The normalized spacial score (nSPS) is 11.2. The monoisotopic (exact) mass is 303 g/mol. The molecule has 0 unspecified atom stereocenters. The molecule has 22 heavy (non-hydrogen) atoms. The first-order chi connectivity index (χ1) is 10.5. The molecular weight excluding hydrogens is 282 g/mol. The molecule has 6 heteroatoms. The van der Waals surface area contributed by atoms with E-state index in [0.29, 0.717) is 18.0 Å². The van der Waals surface area contributed by atoms with Gasteiger partial charge in [0.2, 0.25) is 5.91 Å². The van der Waals surface area contributed by atoms with E-state index in [1.807, 2.05) is 30.3 Å². The average molecular weight is 303 g/mol. The predicted molar refractivity (Wildman–Crippen MR) is 84.4 cm³/mol. The maximum Gasteiger partial charge on any atom is 0.325 e. The zero-order valence-electron chi connectivity index (χ0n) is 13.0. The summed E-state index contributed by atoms with van der Waals surface area (Å²) in [4.78, 5) is 22.7. The molecule has 118 valence electrons. The SMILES string of the molecule is CCOC(=O)CN/C(NC(C)=O)=C(/C)C(=N)c1ccccc1. The van der Waals surface area contributed by atoms with Crippen LogP contribution in [-0.4, -0.2) is 30.7 Å². The standard InChI is InChI=1S/C16H21N3O3/c1-4-22-14(21)10-18-16(19-12(3)20)11(2)15(17)13-8-6-5-7-9-13/h5-9,17-18H,4,10H2,1-3H3,(H,19,20)/b16-11+,17-15?. The Bertz CT molecular complexity index is 580. The number of allylic oxidation sites excluding steroid dienone is 1. The highest BCUT2D eigenvalue weighted by atomic mass is 16.5. The zero-order chi connectivity index (χ0) is 16.5. The predicted octanol–water partition coefficient (Wildman–Crippen LogP) is 1.57. The van der Waals surface area contributed by atoms with Crippen LogP contribution in [0.3, 0.4) is 0 Å². The second-order valence-electron chi connectivity index (χ2n) is 4.58. The first-order valence-electron chi connectivity index (χ1n) is 6.98. The number of ether oxygens (including phenoxy) is 1. The lowest BCUT2D eigenvalue weighted by molar-refractivity contribution is -0.142. The number of carbonyl (C=O) groups is 2. The van der Waals surface area contributed by atoms with E-state index in [1.54, 1.807) is 13.8 Å². The summed E-state index contributed by atoms with van der Waals surface area (Å²) in [5.41, 5.74) is 1.52. The molecule has 0 radical (unpaired) electrons. The van der Waals surface area contributed by atoms with E-state index < -0.39 is 5.97 Å². The van der Waals surface area contributed by atoms with Crippen molar-refractivity contribution in [3.63, 3.8) is 0 Å². The van der Waals surface area contributed by atoms with Crippen molar-refractivity contribution in [2.45, 2.75) is 20.8 Å². The molecule has 1 amide bonds. The Kier molecular flexibility index (Phi) is 6.82. The van der Waals surface area contributed by atoms with E-state index in [0.717, 1.165) is 5.56 Å². The second kappa shape index (κ2) is 8.61. The van der Waals surface area contributed by atoms with Gasteiger partial charge in [-0.2, -0.15) is 0 Å².